The maximum absolute atomic E-state index is 11.1. The number of carbonyl (C=O) groups excluding carboxylic acids is 1. The fourth-order valence-electron chi connectivity index (χ4n) is 1.19. The highest BCUT2D eigenvalue weighted by molar-refractivity contribution is 5.98. The van der Waals surface area contributed by atoms with Crippen LogP contribution < -0.4 is 0 Å². The monoisotopic (exact) mass is 164 g/mol. The minimum Gasteiger partial charge on any atom is -0.373 e. The first-order valence-corrected chi connectivity index (χ1v) is 3.78. The predicted molar refractivity (Wildman–Crippen MR) is 47.8 cm³/mol. The van der Waals surface area contributed by atoms with Crippen LogP contribution in [0.25, 0.3) is 0 Å². The molecule has 0 saturated heterocycles. The van der Waals surface area contributed by atoms with Crippen molar-refractivity contribution in [3.63, 3.8) is 0 Å². The van der Waals surface area contributed by atoms with Crippen molar-refractivity contribution < 1.29 is 9.53 Å². The summed E-state index contributed by atoms with van der Waals surface area (Å²) in [6.07, 6.45) is 5.31. The van der Waals surface area contributed by atoms with E-state index in [0.717, 1.165) is 5.57 Å². The van der Waals surface area contributed by atoms with Crippen LogP contribution in [-0.4, -0.2) is 19.0 Å². The zero-order chi connectivity index (χ0) is 9.14. The molecule has 0 N–H and O–H groups in total. The molecule has 0 amide bonds. The van der Waals surface area contributed by atoms with Crippen LogP contribution in [0, 0.1) is 0 Å². The molecule has 1 unspecified atom stereocenters. The normalized spacial score (nSPS) is 22.3. The van der Waals surface area contributed by atoms with Crippen LogP contribution >= 0.6 is 0 Å². The lowest BCUT2D eigenvalue weighted by Crippen LogP contribution is -2.17. The van der Waals surface area contributed by atoms with Gasteiger partial charge in [0.15, 0.2) is 5.78 Å². The zero-order valence-electron chi connectivity index (χ0n) is 7.33. The van der Waals surface area contributed by atoms with Crippen LogP contribution in [0.4, 0.5) is 0 Å². The summed E-state index contributed by atoms with van der Waals surface area (Å²) < 4.78 is 5.10. The van der Waals surface area contributed by atoms with Crippen molar-refractivity contribution in [3.8, 4) is 0 Å². The molecule has 1 aliphatic carbocycles. The highest BCUT2D eigenvalue weighted by atomic mass is 16.5. The molecule has 2 heteroatoms. The van der Waals surface area contributed by atoms with E-state index in [9.17, 15) is 4.79 Å². The van der Waals surface area contributed by atoms with E-state index < -0.39 is 0 Å². The SMILES string of the molecule is C=C1C(C(C)=O)=CC=CC1OC. The Morgan fingerprint density at radius 3 is 2.83 bits per heavy atom. The Labute approximate surface area is 72.2 Å². The van der Waals surface area contributed by atoms with Crippen molar-refractivity contribution in [2.24, 2.45) is 0 Å². The third kappa shape index (κ3) is 1.53. The maximum atomic E-state index is 11.1. The molecular weight excluding hydrogens is 152 g/mol. The number of ether oxygens (including phenoxy) is 1. The van der Waals surface area contributed by atoms with E-state index in [2.05, 4.69) is 6.58 Å². The Hall–Kier alpha value is -1.15. The van der Waals surface area contributed by atoms with E-state index >= 15 is 0 Å². The number of carbonyl (C=O) groups is 1. The van der Waals surface area contributed by atoms with E-state index in [0.29, 0.717) is 5.57 Å². The van der Waals surface area contributed by atoms with Gasteiger partial charge in [-0.25, -0.2) is 0 Å². The van der Waals surface area contributed by atoms with Crippen LogP contribution in [0.5, 0.6) is 0 Å². The molecule has 64 valence electrons. The Kier molecular flexibility index (Phi) is 2.61. The van der Waals surface area contributed by atoms with Gasteiger partial charge in [-0.2, -0.15) is 0 Å². The van der Waals surface area contributed by atoms with Gasteiger partial charge in [0.05, 0.1) is 0 Å². The number of rotatable bonds is 2. The second-order valence-electron chi connectivity index (χ2n) is 2.70. The van der Waals surface area contributed by atoms with Crippen molar-refractivity contribution in [1.29, 1.82) is 0 Å². The summed E-state index contributed by atoms with van der Waals surface area (Å²) in [5.41, 5.74) is 1.40. The van der Waals surface area contributed by atoms with E-state index in [4.69, 9.17) is 4.74 Å². The molecule has 1 aliphatic rings. The molecule has 0 fully saturated rings. The first-order chi connectivity index (χ1) is 5.66. The summed E-state index contributed by atoms with van der Waals surface area (Å²) in [7, 11) is 1.60. The third-order valence-corrected chi connectivity index (χ3v) is 1.87. The molecule has 1 rings (SSSR count). The summed E-state index contributed by atoms with van der Waals surface area (Å²) in [6, 6.07) is 0. The van der Waals surface area contributed by atoms with Crippen LogP contribution in [0.1, 0.15) is 6.92 Å². The highest BCUT2D eigenvalue weighted by Crippen LogP contribution is 2.20. The van der Waals surface area contributed by atoms with Gasteiger partial charge in [-0.05, 0) is 12.5 Å². The molecule has 0 saturated carbocycles. The largest absolute Gasteiger partial charge is 0.373 e. The Bertz CT molecular complexity index is 272. The van der Waals surface area contributed by atoms with Crippen molar-refractivity contribution in [2.45, 2.75) is 13.0 Å². The Morgan fingerprint density at radius 1 is 1.67 bits per heavy atom. The number of hydrogen-bond acceptors (Lipinski definition) is 2. The van der Waals surface area contributed by atoms with E-state index in [1.807, 2.05) is 12.2 Å². The van der Waals surface area contributed by atoms with Gasteiger partial charge in [0.25, 0.3) is 0 Å². The average Bonchev–Trinajstić information content (AvgIpc) is 2.04. The van der Waals surface area contributed by atoms with Gasteiger partial charge in [0.2, 0.25) is 0 Å². The van der Waals surface area contributed by atoms with Crippen molar-refractivity contribution in [1.82, 2.24) is 0 Å². The standard InChI is InChI=1S/C10H12O2/c1-7-9(8(2)11)5-4-6-10(7)12-3/h4-6,10H,1H2,2-3H3. The topological polar surface area (TPSA) is 26.3 Å². The summed E-state index contributed by atoms with van der Waals surface area (Å²) >= 11 is 0. The molecule has 2 nitrogen and oxygen atoms in total. The number of methoxy groups -OCH3 is 1. The van der Waals surface area contributed by atoms with Gasteiger partial charge in [-0.3, -0.25) is 4.79 Å². The first-order valence-electron chi connectivity index (χ1n) is 3.78. The molecular formula is C10H12O2. The number of ketones is 1. The molecule has 0 aromatic carbocycles. The van der Waals surface area contributed by atoms with E-state index in [1.54, 1.807) is 13.2 Å². The van der Waals surface area contributed by atoms with Gasteiger partial charge in [0.1, 0.15) is 6.10 Å². The summed E-state index contributed by atoms with van der Waals surface area (Å²) in [5, 5.41) is 0. The third-order valence-electron chi connectivity index (χ3n) is 1.87. The first kappa shape index (κ1) is 8.94. The van der Waals surface area contributed by atoms with E-state index in [1.165, 1.54) is 6.92 Å². The van der Waals surface area contributed by atoms with Crippen LogP contribution in [-0.2, 0) is 9.53 Å². The molecule has 1 atom stereocenters. The molecule has 0 bridgehead atoms. The minimum absolute atomic E-state index is 0.0337. The minimum atomic E-state index is -0.145. The predicted octanol–water partition coefficient (Wildman–Crippen LogP) is 1.64. The molecule has 12 heavy (non-hydrogen) atoms. The van der Waals surface area contributed by atoms with Gasteiger partial charge >= 0.3 is 0 Å². The van der Waals surface area contributed by atoms with Crippen molar-refractivity contribution in [3.05, 3.63) is 36.0 Å². The van der Waals surface area contributed by atoms with Gasteiger partial charge in [0, 0.05) is 12.7 Å². The molecule has 0 aromatic heterocycles. The number of hydrogen-bond donors (Lipinski definition) is 0. The zero-order valence-corrected chi connectivity index (χ0v) is 7.33. The quantitative estimate of drug-likeness (QED) is 0.620. The smallest absolute Gasteiger partial charge is 0.160 e. The van der Waals surface area contributed by atoms with Crippen molar-refractivity contribution >= 4 is 5.78 Å². The molecule has 0 radical (unpaired) electrons. The Morgan fingerprint density at radius 2 is 2.33 bits per heavy atom. The Balaban J connectivity index is 2.91. The second-order valence-corrected chi connectivity index (χ2v) is 2.70. The summed E-state index contributed by atoms with van der Waals surface area (Å²) in [5.74, 6) is 0.0337. The lowest BCUT2D eigenvalue weighted by Gasteiger charge is -2.18. The second kappa shape index (κ2) is 3.50. The van der Waals surface area contributed by atoms with E-state index in [-0.39, 0.29) is 11.9 Å². The van der Waals surface area contributed by atoms with Gasteiger partial charge in [-0.15, -0.1) is 0 Å². The fraction of sp³-hybridized carbons (Fsp3) is 0.300. The average molecular weight is 164 g/mol. The lowest BCUT2D eigenvalue weighted by molar-refractivity contribution is -0.113. The molecule has 0 spiro atoms. The fourth-order valence-corrected chi connectivity index (χ4v) is 1.19. The number of Topliss-reactive ketones (excluding diaryl/α,β-unsaturated/α-hetero) is 1. The van der Waals surface area contributed by atoms with Gasteiger partial charge < -0.3 is 4.74 Å². The van der Waals surface area contributed by atoms with Crippen LogP contribution in [0.3, 0.4) is 0 Å². The summed E-state index contributed by atoms with van der Waals surface area (Å²) in [6.45, 7) is 5.33. The maximum Gasteiger partial charge on any atom is 0.160 e. The number of allylic oxidation sites excluding steroid dienone is 2. The lowest BCUT2D eigenvalue weighted by atomic mass is 9.94. The highest BCUT2D eigenvalue weighted by Gasteiger charge is 2.17. The molecule has 0 heterocycles. The van der Waals surface area contributed by atoms with Crippen LogP contribution in [0.2, 0.25) is 0 Å². The van der Waals surface area contributed by atoms with Crippen LogP contribution in [0.15, 0.2) is 36.0 Å². The molecule has 0 aromatic rings. The molecule has 0 aliphatic heterocycles. The van der Waals surface area contributed by atoms with Gasteiger partial charge in [-0.1, -0.05) is 24.8 Å². The summed E-state index contributed by atoms with van der Waals surface area (Å²) in [4.78, 5) is 11.1. The van der Waals surface area contributed by atoms with Crippen molar-refractivity contribution in [2.75, 3.05) is 7.11 Å².